The molecule has 0 atom stereocenters. The number of carbonyl (C=O) groups excluding carboxylic acids is 1. The average Bonchev–Trinajstić information content (AvgIpc) is 2.59. The van der Waals surface area contributed by atoms with E-state index >= 15 is 0 Å². The zero-order chi connectivity index (χ0) is 17.7. The Morgan fingerprint density at radius 1 is 1.25 bits per heavy atom. The Hall–Kier alpha value is -3.16. The molecule has 0 bridgehead atoms. The summed E-state index contributed by atoms with van der Waals surface area (Å²) in [6.45, 7) is 0.238. The van der Waals surface area contributed by atoms with Crippen molar-refractivity contribution in [2.75, 3.05) is 19.5 Å². The molecule has 2 aromatic carbocycles. The predicted octanol–water partition coefficient (Wildman–Crippen LogP) is 3.14. The van der Waals surface area contributed by atoms with Crippen LogP contribution in [0.5, 0.6) is 5.75 Å². The number of ether oxygens (including phenoxy) is 2. The smallest absolute Gasteiger partial charge is 0.341 e. The molecular weight excluding hydrogens is 319 g/mol. The average molecular weight is 334 g/mol. The lowest BCUT2D eigenvalue weighted by Crippen LogP contribution is -2.09. The van der Waals surface area contributed by atoms with E-state index in [1.807, 2.05) is 0 Å². The van der Waals surface area contributed by atoms with Crippen molar-refractivity contribution >= 4 is 17.3 Å². The largest absolute Gasteiger partial charge is 0.497 e. The lowest BCUT2D eigenvalue weighted by Gasteiger charge is -2.10. The van der Waals surface area contributed by atoms with Gasteiger partial charge >= 0.3 is 5.97 Å². The summed E-state index contributed by atoms with van der Waals surface area (Å²) in [6.07, 6.45) is 0. The molecule has 24 heavy (non-hydrogen) atoms. The van der Waals surface area contributed by atoms with Crippen LogP contribution in [0.3, 0.4) is 0 Å². The van der Waals surface area contributed by atoms with E-state index in [4.69, 9.17) is 4.74 Å². The van der Waals surface area contributed by atoms with Crippen LogP contribution >= 0.6 is 0 Å². The Morgan fingerprint density at radius 2 is 1.92 bits per heavy atom. The van der Waals surface area contributed by atoms with Crippen LogP contribution in [0.15, 0.2) is 36.4 Å². The molecular formula is C16H15FN2O5. The number of methoxy groups -OCH3 is 2. The number of carbonyl (C=O) groups is 1. The molecule has 0 aromatic heterocycles. The maximum absolute atomic E-state index is 14.0. The fraction of sp³-hybridized carbons (Fsp3) is 0.188. The van der Waals surface area contributed by atoms with Gasteiger partial charge in [0.1, 0.15) is 22.8 Å². The SMILES string of the molecule is COC(=O)c1cc([N+](=O)[O-])c(NCc2ccc(OC)cc2)cc1F. The number of anilines is 1. The molecule has 126 valence electrons. The van der Waals surface area contributed by atoms with Crippen LogP contribution in [0.4, 0.5) is 15.8 Å². The third-order valence-electron chi connectivity index (χ3n) is 3.33. The minimum atomic E-state index is -0.975. The van der Waals surface area contributed by atoms with E-state index in [-0.39, 0.29) is 12.2 Å². The van der Waals surface area contributed by atoms with Gasteiger partial charge in [-0.3, -0.25) is 10.1 Å². The number of halogens is 1. The van der Waals surface area contributed by atoms with Crippen LogP contribution in [-0.4, -0.2) is 25.1 Å². The Kier molecular flexibility index (Phi) is 5.31. The Morgan fingerprint density at radius 3 is 2.46 bits per heavy atom. The van der Waals surface area contributed by atoms with Gasteiger partial charge in [-0.05, 0) is 17.7 Å². The molecule has 0 unspecified atom stereocenters. The van der Waals surface area contributed by atoms with E-state index in [1.165, 1.54) is 0 Å². The number of hydrogen-bond acceptors (Lipinski definition) is 6. The molecule has 0 fully saturated rings. The van der Waals surface area contributed by atoms with E-state index in [9.17, 15) is 19.3 Å². The van der Waals surface area contributed by atoms with Gasteiger partial charge < -0.3 is 14.8 Å². The van der Waals surface area contributed by atoms with Gasteiger partial charge in [0, 0.05) is 18.7 Å². The summed E-state index contributed by atoms with van der Waals surface area (Å²) in [6, 6.07) is 8.80. The second kappa shape index (κ2) is 7.40. The summed E-state index contributed by atoms with van der Waals surface area (Å²) in [5.41, 5.74) is -0.104. The molecule has 2 rings (SSSR count). The minimum absolute atomic E-state index is 0.0269. The molecule has 8 heteroatoms. The minimum Gasteiger partial charge on any atom is -0.497 e. The van der Waals surface area contributed by atoms with Crippen molar-refractivity contribution in [1.82, 2.24) is 0 Å². The van der Waals surface area contributed by atoms with Crippen LogP contribution < -0.4 is 10.1 Å². The second-order valence-corrected chi connectivity index (χ2v) is 4.80. The quantitative estimate of drug-likeness (QED) is 0.496. The third kappa shape index (κ3) is 3.78. The predicted molar refractivity (Wildman–Crippen MR) is 84.7 cm³/mol. The number of nitrogens with zero attached hydrogens (tertiary/aromatic N) is 1. The van der Waals surface area contributed by atoms with Gasteiger partial charge in [-0.1, -0.05) is 12.1 Å². The van der Waals surface area contributed by atoms with Gasteiger partial charge in [-0.15, -0.1) is 0 Å². The fourth-order valence-corrected chi connectivity index (χ4v) is 2.06. The first-order valence-electron chi connectivity index (χ1n) is 6.89. The maximum atomic E-state index is 14.0. The van der Waals surface area contributed by atoms with E-state index in [2.05, 4.69) is 10.1 Å². The van der Waals surface area contributed by atoms with Gasteiger partial charge in [-0.25, -0.2) is 9.18 Å². The molecule has 0 saturated heterocycles. The first-order valence-corrected chi connectivity index (χ1v) is 6.89. The molecule has 0 heterocycles. The van der Waals surface area contributed by atoms with Gasteiger partial charge in [-0.2, -0.15) is 0 Å². The zero-order valence-corrected chi connectivity index (χ0v) is 13.0. The number of nitro benzene ring substituents is 1. The van der Waals surface area contributed by atoms with E-state index in [0.717, 1.165) is 24.8 Å². The second-order valence-electron chi connectivity index (χ2n) is 4.80. The van der Waals surface area contributed by atoms with Crippen molar-refractivity contribution in [3.8, 4) is 5.75 Å². The number of hydrogen-bond donors (Lipinski definition) is 1. The van der Waals surface area contributed by atoms with E-state index in [1.54, 1.807) is 31.4 Å². The third-order valence-corrected chi connectivity index (χ3v) is 3.33. The highest BCUT2D eigenvalue weighted by Crippen LogP contribution is 2.29. The van der Waals surface area contributed by atoms with Crippen LogP contribution in [0.1, 0.15) is 15.9 Å². The highest BCUT2D eigenvalue weighted by Gasteiger charge is 2.22. The maximum Gasteiger partial charge on any atom is 0.341 e. The van der Waals surface area contributed by atoms with Crippen molar-refractivity contribution in [3.63, 3.8) is 0 Å². The van der Waals surface area contributed by atoms with Crippen molar-refractivity contribution in [2.45, 2.75) is 6.54 Å². The Labute approximate surface area is 137 Å². The topological polar surface area (TPSA) is 90.7 Å². The molecule has 0 radical (unpaired) electrons. The lowest BCUT2D eigenvalue weighted by molar-refractivity contribution is -0.384. The lowest BCUT2D eigenvalue weighted by atomic mass is 10.1. The summed E-state index contributed by atoms with van der Waals surface area (Å²) in [7, 11) is 2.62. The Bertz CT molecular complexity index is 762. The Balaban J connectivity index is 2.26. The van der Waals surface area contributed by atoms with E-state index < -0.39 is 28.0 Å². The molecule has 0 aliphatic heterocycles. The molecule has 2 aromatic rings. The van der Waals surface area contributed by atoms with Gasteiger partial charge in [0.15, 0.2) is 0 Å². The zero-order valence-electron chi connectivity index (χ0n) is 13.0. The monoisotopic (exact) mass is 334 g/mol. The molecule has 0 aliphatic carbocycles. The first-order chi connectivity index (χ1) is 11.5. The molecule has 0 saturated carbocycles. The van der Waals surface area contributed by atoms with E-state index in [0.29, 0.717) is 5.75 Å². The highest BCUT2D eigenvalue weighted by molar-refractivity contribution is 5.91. The highest BCUT2D eigenvalue weighted by atomic mass is 19.1. The summed E-state index contributed by atoms with van der Waals surface area (Å²) in [4.78, 5) is 21.9. The van der Waals surface area contributed by atoms with Crippen LogP contribution in [-0.2, 0) is 11.3 Å². The van der Waals surface area contributed by atoms with Crippen molar-refractivity contribution in [3.05, 3.63) is 63.5 Å². The van der Waals surface area contributed by atoms with Crippen LogP contribution in [0.2, 0.25) is 0 Å². The number of benzene rings is 2. The van der Waals surface area contributed by atoms with Crippen molar-refractivity contribution in [1.29, 1.82) is 0 Å². The van der Waals surface area contributed by atoms with Crippen molar-refractivity contribution < 1.29 is 23.6 Å². The molecule has 7 nitrogen and oxygen atoms in total. The summed E-state index contributed by atoms with van der Waals surface area (Å²) >= 11 is 0. The molecule has 0 spiro atoms. The van der Waals surface area contributed by atoms with Gasteiger partial charge in [0.05, 0.1) is 19.1 Å². The number of rotatable bonds is 6. The number of nitrogens with one attached hydrogen (secondary N) is 1. The van der Waals surface area contributed by atoms with Gasteiger partial charge in [0.25, 0.3) is 5.69 Å². The van der Waals surface area contributed by atoms with Crippen LogP contribution in [0.25, 0.3) is 0 Å². The summed E-state index contributed by atoms with van der Waals surface area (Å²) < 4.78 is 23.4. The number of esters is 1. The number of nitro groups is 1. The van der Waals surface area contributed by atoms with Crippen molar-refractivity contribution in [2.24, 2.45) is 0 Å². The van der Waals surface area contributed by atoms with Crippen LogP contribution in [0, 0.1) is 15.9 Å². The summed E-state index contributed by atoms with van der Waals surface area (Å²) in [5, 5.41) is 14.0. The normalized spacial score (nSPS) is 10.1. The fourth-order valence-electron chi connectivity index (χ4n) is 2.06. The molecule has 1 N–H and O–H groups in total. The molecule has 0 amide bonds. The van der Waals surface area contributed by atoms with Gasteiger partial charge in [0.2, 0.25) is 0 Å². The molecule has 0 aliphatic rings. The standard InChI is InChI=1S/C16H15FN2O5/c1-23-11-5-3-10(4-6-11)9-18-14-8-13(17)12(16(20)24-2)7-15(14)19(21)22/h3-8,18H,9H2,1-2H3. The first kappa shape index (κ1) is 17.2. The summed E-state index contributed by atoms with van der Waals surface area (Å²) in [5.74, 6) is -1.19.